The summed E-state index contributed by atoms with van der Waals surface area (Å²) in [6.07, 6.45) is 5.09. The van der Waals surface area contributed by atoms with E-state index in [1.807, 2.05) is 18.2 Å². The van der Waals surface area contributed by atoms with Gasteiger partial charge in [0.05, 0.1) is 15.2 Å². The van der Waals surface area contributed by atoms with Gasteiger partial charge in [0.15, 0.2) is 5.13 Å². The summed E-state index contributed by atoms with van der Waals surface area (Å²) in [5, 5.41) is 5.38. The number of nitrogens with one attached hydrogen (secondary N) is 1. The van der Waals surface area contributed by atoms with Crippen LogP contribution in [-0.2, 0) is 0 Å². The van der Waals surface area contributed by atoms with Crippen molar-refractivity contribution in [1.29, 1.82) is 0 Å². The molecule has 3 rings (SSSR count). The maximum absolute atomic E-state index is 6.16. The minimum absolute atomic E-state index is 0.223. The van der Waals surface area contributed by atoms with Crippen LogP contribution in [0.15, 0.2) is 18.2 Å². The van der Waals surface area contributed by atoms with Crippen LogP contribution in [0, 0.1) is 0 Å². The molecule has 1 aliphatic carbocycles. The topological polar surface area (TPSA) is 24.9 Å². The Bertz CT molecular complexity index is 543. The number of nitrogens with zero attached hydrogens (tertiary/aromatic N) is 1. The first-order chi connectivity index (χ1) is 8.16. The molecular weight excluding hydrogens is 252 g/mol. The Labute approximate surface area is 110 Å². The van der Waals surface area contributed by atoms with E-state index in [2.05, 4.69) is 17.2 Å². The van der Waals surface area contributed by atoms with Crippen molar-refractivity contribution >= 4 is 38.3 Å². The van der Waals surface area contributed by atoms with E-state index in [0.29, 0.717) is 0 Å². The average Bonchev–Trinajstić information content (AvgIpc) is 2.86. The molecule has 0 amide bonds. The number of fused-ring (bicyclic) bond motifs is 1. The lowest BCUT2D eigenvalue weighted by Gasteiger charge is -2.24. The standard InChI is InChI=1S/C13H15ClN2S/c1-13(7-2-3-8-13)16-12-15-10-6-4-5-9(14)11(10)17-12/h4-6H,2-3,7-8H2,1H3,(H,15,16). The van der Waals surface area contributed by atoms with E-state index in [9.17, 15) is 0 Å². The summed E-state index contributed by atoms with van der Waals surface area (Å²) in [4.78, 5) is 4.61. The number of benzene rings is 1. The van der Waals surface area contributed by atoms with Crippen LogP contribution >= 0.6 is 22.9 Å². The second-order valence-corrected chi connectivity index (χ2v) is 6.41. The third-order valence-electron chi connectivity index (χ3n) is 3.48. The van der Waals surface area contributed by atoms with Crippen molar-refractivity contribution in [3.05, 3.63) is 23.2 Å². The van der Waals surface area contributed by atoms with Crippen LogP contribution in [0.1, 0.15) is 32.6 Å². The minimum Gasteiger partial charge on any atom is -0.356 e. The normalized spacial score (nSPS) is 18.7. The first kappa shape index (κ1) is 11.3. The quantitative estimate of drug-likeness (QED) is 0.853. The summed E-state index contributed by atoms with van der Waals surface area (Å²) < 4.78 is 1.08. The highest BCUT2D eigenvalue weighted by Crippen LogP contribution is 2.37. The Morgan fingerprint density at radius 3 is 2.82 bits per heavy atom. The number of halogens is 1. The molecule has 0 bridgehead atoms. The van der Waals surface area contributed by atoms with Crippen LogP contribution in [0.4, 0.5) is 5.13 Å². The molecule has 0 atom stereocenters. The Hall–Kier alpha value is -0.800. The second kappa shape index (κ2) is 4.14. The van der Waals surface area contributed by atoms with Gasteiger partial charge in [-0.3, -0.25) is 0 Å². The highest BCUT2D eigenvalue weighted by Gasteiger charge is 2.29. The fraction of sp³-hybridized carbons (Fsp3) is 0.462. The smallest absolute Gasteiger partial charge is 0.184 e. The molecule has 1 aromatic heterocycles. The van der Waals surface area contributed by atoms with Crippen LogP contribution in [0.5, 0.6) is 0 Å². The zero-order valence-corrected chi connectivity index (χ0v) is 11.4. The van der Waals surface area contributed by atoms with Crippen LogP contribution < -0.4 is 5.32 Å². The number of anilines is 1. The maximum Gasteiger partial charge on any atom is 0.184 e. The van der Waals surface area contributed by atoms with Gasteiger partial charge < -0.3 is 5.32 Å². The lowest BCUT2D eigenvalue weighted by atomic mass is 10.0. The molecule has 1 heterocycles. The number of hydrogen-bond acceptors (Lipinski definition) is 3. The summed E-state index contributed by atoms with van der Waals surface area (Å²) in [5.74, 6) is 0. The van der Waals surface area contributed by atoms with Crippen molar-refractivity contribution < 1.29 is 0 Å². The third-order valence-corrected chi connectivity index (χ3v) is 4.93. The highest BCUT2D eigenvalue weighted by molar-refractivity contribution is 7.22. The van der Waals surface area contributed by atoms with Gasteiger partial charge in [-0.1, -0.05) is 41.8 Å². The Morgan fingerprint density at radius 2 is 2.12 bits per heavy atom. The molecule has 90 valence electrons. The molecule has 17 heavy (non-hydrogen) atoms. The van der Waals surface area contributed by atoms with E-state index >= 15 is 0 Å². The first-order valence-corrected chi connectivity index (χ1v) is 7.19. The molecule has 0 spiro atoms. The second-order valence-electron chi connectivity index (χ2n) is 5.00. The molecular formula is C13H15ClN2S. The molecule has 0 aliphatic heterocycles. The molecule has 2 aromatic rings. The summed E-state index contributed by atoms with van der Waals surface area (Å²) in [7, 11) is 0. The molecule has 0 saturated heterocycles. The lowest BCUT2D eigenvalue weighted by molar-refractivity contribution is 0.533. The van der Waals surface area contributed by atoms with E-state index < -0.39 is 0 Å². The molecule has 1 aromatic carbocycles. The number of rotatable bonds is 2. The van der Waals surface area contributed by atoms with Gasteiger partial charge in [0.2, 0.25) is 0 Å². The average molecular weight is 267 g/mol. The molecule has 1 aliphatic rings. The fourth-order valence-corrected chi connectivity index (χ4v) is 3.81. The summed E-state index contributed by atoms with van der Waals surface area (Å²) in [6.45, 7) is 2.29. The molecule has 4 heteroatoms. The van der Waals surface area contributed by atoms with Crippen molar-refractivity contribution in [2.75, 3.05) is 5.32 Å². The number of thiazole rings is 1. The summed E-state index contributed by atoms with van der Waals surface area (Å²) in [5.41, 5.74) is 1.21. The van der Waals surface area contributed by atoms with Crippen molar-refractivity contribution in [3.63, 3.8) is 0 Å². The molecule has 1 N–H and O–H groups in total. The van der Waals surface area contributed by atoms with E-state index in [1.165, 1.54) is 25.7 Å². The van der Waals surface area contributed by atoms with Gasteiger partial charge >= 0.3 is 0 Å². The SMILES string of the molecule is CC1(Nc2nc3cccc(Cl)c3s2)CCCC1. The molecule has 0 unspecified atom stereocenters. The lowest BCUT2D eigenvalue weighted by Crippen LogP contribution is -2.30. The Balaban J connectivity index is 1.93. The predicted molar refractivity (Wildman–Crippen MR) is 75.1 cm³/mol. The van der Waals surface area contributed by atoms with E-state index in [-0.39, 0.29) is 5.54 Å². The van der Waals surface area contributed by atoms with Gasteiger partial charge in [0.25, 0.3) is 0 Å². The number of hydrogen-bond donors (Lipinski definition) is 1. The van der Waals surface area contributed by atoms with Gasteiger partial charge in [-0.25, -0.2) is 4.98 Å². The van der Waals surface area contributed by atoms with Crippen LogP contribution in [-0.4, -0.2) is 10.5 Å². The largest absolute Gasteiger partial charge is 0.356 e. The zero-order chi connectivity index (χ0) is 11.9. The molecule has 2 nitrogen and oxygen atoms in total. The zero-order valence-electron chi connectivity index (χ0n) is 9.79. The summed E-state index contributed by atoms with van der Waals surface area (Å²) in [6, 6.07) is 5.88. The van der Waals surface area contributed by atoms with E-state index in [1.54, 1.807) is 11.3 Å². The van der Waals surface area contributed by atoms with Crippen molar-refractivity contribution in [1.82, 2.24) is 4.98 Å². The predicted octanol–water partition coefficient (Wildman–Crippen LogP) is 4.69. The first-order valence-electron chi connectivity index (χ1n) is 6.00. The third kappa shape index (κ3) is 2.14. The Kier molecular flexibility index (Phi) is 2.75. The maximum atomic E-state index is 6.16. The van der Waals surface area contributed by atoms with Crippen molar-refractivity contribution in [2.45, 2.75) is 38.1 Å². The van der Waals surface area contributed by atoms with E-state index in [4.69, 9.17) is 11.6 Å². The van der Waals surface area contributed by atoms with Crippen LogP contribution in [0.3, 0.4) is 0 Å². The van der Waals surface area contributed by atoms with Crippen molar-refractivity contribution in [2.24, 2.45) is 0 Å². The fourth-order valence-electron chi connectivity index (χ4n) is 2.51. The van der Waals surface area contributed by atoms with Crippen molar-refractivity contribution in [3.8, 4) is 0 Å². The minimum atomic E-state index is 0.223. The summed E-state index contributed by atoms with van der Waals surface area (Å²) >= 11 is 7.82. The highest BCUT2D eigenvalue weighted by atomic mass is 35.5. The van der Waals surface area contributed by atoms with E-state index in [0.717, 1.165) is 20.4 Å². The Morgan fingerprint density at radius 1 is 1.35 bits per heavy atom. The van der Waals surface area contributed by atoms with Gasteiger partial charge in [-0.2, -0.15) is 0 Å². The van der Waals surface area contributed by atoms with Gasteiger partial charge in [0, 0.05) is 5.54 Å². The van der Waals surface area contributed by atoms with Gasteiger partial charge in [0.1, 0.15) is 0 Å². The van der Waals surface area contributed by atoms with Crippen LogP contribution in [0.2, 0.25) is 5.02 Å². The van der Waals surface area contributed by atoms with Gasteiger partial charge in [-0.15, -0.1) is 0 Å². The number of aromatic nitrogens is 1. The molecule has 1 saturated carbocycles. The van der Waals surface area contributed by atoms with Crippen LogP contribution in [0.25, 0.3) is 10.2 Å². The molecule has 1 fully saturated rings. The monoisotopic (exact) mass is 266 g/mol. The molecule has 0 radical (unpaired) electrons. The van der Waals surface area contributed by atoms with Gasteiger partial charge in [-0.05, 0) is 31.9 Å².